The molecule has 2 rings (SSSR count). The summed E-state index contributed by atoms with van der Waals surface area (Å²) in [7, 11) is 0. The lowest BCUT2D eigenvalue weighted by Gasteiger charge is -2.15. The van der Waals surface area contributed by atoms with E-state index in [1.165, 1.54) is 0 Å². The molecule has 0 heterocycles. The highest BCUT2D eigenvalue weighted by molar-refractivity contribution is 6.31. The molecule has 1 aromatic rings. The molecule has 5 heteroatoms. The van der Waals surface area contributed by atoms with E-state index in [1.807, 2.05) is 13.0 Å². The summed E-state index contributed by atoms with van der Waals surface area (Å²) in [5.41, 5.74) is 0.948. The Hall–Kier alpha value is -0.810. The van der Waals surface area contributed by atoms with Crippen LogP contribution in [0.3, 0.4) is 0 Å². The topological polar surface area (TPSA) is 61.7 Å². The second kappa shape index (κ2) is 7.27. The lowest BCUT2D eigenvalue weighted by atomic mass is 10.2. The third-order valence-corrected chi connectivity index (χ3v) is 3.90. The van der Waals surface area contributed by atoms with E-state index < -0.39 is 6.10 Å². The van der Waals surface area contributed by atoms with Gasteiger partial charge in [0.05, 0.1) is 6.10 Å². The van der Waals surface area contributed by atoms with Crippen molar-refractivity contribution in [2.45, 2.75) is 32.0 Å². The summed E-state index contributed by atoms with van der Waals surface area (Å²) in [4.78, 5) is 0. The molecule has 0 aliphatic heterocycles. The first kappa shape index (κ1) is 15.6. The second-order valence-corrected chi connectivity index (χ2v) is 5.85. The molecule has 1 aromatic carbocycles. The Morgan fingerprint density at radius 1 is 1.35 bits per heavy atom. The van der Waals surface area contributed by atoms with E-state index in [2.05, 4.69) is 5.32 Å². The third-order valence-electron chi connectivity index (χ3n) is 3.47. The summed E-state index contributed by atoms with van der Waals surface area (Å²) in [5.74, 6) is 1.15. The monoisotopic (exact) mass is 299 g/mol. The van der Waals surface area contributed by atoms with Crippen LogP contribution >= 0.6 is 11.6 Å². The summed E-state index contributed by atoms with van der Waals surface area (Å²) in [6, 6.07) is 5.41. The molecule has 112 valence electrons. The summed E-state index contributed by atoms with van der Waals surface area (Å²) < 4.78 is 5.51. The van der Waals surface area contributed by atoms with Crippen molar-refractivity contribution in [3.8, 4) is 5.75 Å². The normalized spacial score (nSPS) is 17.8. The molecule has 2 unspecified atom stereocenters. The Bertz CT molecular complexity index is 437. The smallest absolute Gasteiger partial charge is 0.119 e. The molecule has 1 saturated carbocycles. The lowest BCUT2D eigenvalue weighted by molar-refractivity contribution is 0.0966. The number of rotatable bonds is 8. The summed E-state index contributed by atoms with van der Waals surface area (Å²) in [6.45, 7) is 3.07. The summed E-state index contributed by atoms with van der Waals surface area (Å²) >= 11 is 5.93. The first-order valence-electron chi connectivity index (χ1n) is 7.02. The quantitative estimate of drug-likeness (QED) is 0.684. The molecule has 1 aliphatic rings. The minimum Gasteiger partial charge on any atom is -0.491 e. The van der Waals surface area contributed by atoms with Crippen LogP contribution in [0.2, 0.25) is 5.02 Å². The predicted octanol–water partition coefficient (Wildman–Crippen LogP) is 1.75. The van der Waals surface area contributed by atoms with Crippen molar-refractivity contribution in [2.24, 2.45) is 5.92 Å². The fraction of sp³-hybridized carbons (Fsp3) is 0.600. The lowest BCUT2D eigenvalue weighted by Crippen LogP contribution is -2.36. The van der Waals surface area contributed by atoms with E-state index in [-0.39, 0.29) is 12.7 Å². The van der Waals surface area contributed by atoms with Gasteiger partial charge in [0.25, 0.3) is 0 Å². The van der Waals surface area contributed by atoms with Gasteiger partial charge in [0, 0.05) is 18.1 Å². The second-order valence-electron chi connectivity index (χ2n) is 5.44. The number of benzene rings is 1. The zero-order valence-electron chi connectivity index (χ0n) is 11.7. The molecule has 20 heavy (non-hydrogen) atoms. The molecule has 4 nitrogen and oxygen atoms in total. The molecule has 1 fully saturated rings. The van der Waals surface area contributed by atoms with Gasteiger partial charge in [-0.05, 0) is 49.4 Å². The van der Waals surface area contributed by atoms with E-state index >= 15 is 0 Å². The van der Waals surface area contributed by atoms with Gasteiger partial charge in [-0.1, -0.05) is 11.6 Å². The Labute approximate surface area is 124 Å². The predicted molar refractivity (Wildman–Crippen MR) is 79.3 cm³/mol. The molecule has 3 N–H and O–H groups in total. The van der Waals surface area contributed by atoms with Crippen molar-refractivity contribution in [3.63, 3.8) is 0 Å². The highest BCUT2D eigenvalue weighted by Gasteiger charge is 2.29. The van der Waals surface area contributed by atoms with E-state index in [9.17, 15) is 10.2 Å². The number of aryl methyl sites for hydroxylation is 1. The molecule has 0 bridgehead atoms. The van der Waals surface area contributed by atoms with Crippen molar-refractivity contribution < 1.29 is 14.9 Å². The van der Waals surface area contributed by atoms with E-state index in [1.54, 1.807) is 12.1 Å². The zero-order valence-corrected chi connectivity index (χ0v) is 12.4. The van der Waals surface area contributed by atoms with Crippen molar-refractivity contribution in [3.05, 3.63) is 28.8 Å². The van der Waals surface area contributed by atoms with Crippen LogP contribution < -0.4 is 10.1 Å². The molecular weight excluding hydrogens is 278 g/mol. The Morgan fingerprint density at radius 3 is 2.75 bits per heavy atom. The van der Waals surface area contributed by atoms with Crippen molar-refractivity contribution in [2.75, 3.05) is 19.7 Å². The summed E-state index contributed by atoms with van der Waals surface area (Å²) in [6.07, 6.45) is 1.34. The van der Waals surface area contributed by atoms with Gasteiger partial charge in [0.2, 0.25) is 0 Å². The standard InChI is InChI=1S/C15H22ClNO3/c1-10-6-13(4-5-14(10)16)20-9-12(18)7-17-8-15(19)11-2-3-11/h4-6,11-12,15,17-19H,2-3,7-9H2,1H3. The van der Waals surface area contributed by atoms with Crippen LogP contribution in [0.25, 0.3) is 0 Å². The largest absolute Gasteiger partial charge is 0.491 e. The van der Waals surface area contributed by atoms with Crippen LogP contribution in [0.1, 0.15) is 18.4 Å². The minimum absolute atomic E-state index is 0.216. The first-order chi connectivity index (χ1) is 9.56. The maximum atomic E-state index is 9.81. The van der Waals surface area contributed by atoms with Crippen LogP contribution in [0.15, 0.2) is 18.2 Å². The van der Waals surface area contributed by atoms with Gasteiger partial charge in [-0.25, -0.2) is 0 Å². The number of aliphatic hydroxyl groups excluding tert-OH is 2. The molecule has 0 aromatic heterocycles. The summed E-state index contributed by atoms with van der Waals surface area (Å²) in [5, 5.41) is 23.2. The SMILES string of the molecule is Cc1cc(OCC(O)CNCC(O)C2CC2)ccc1Cl. The van der Waals surface area contributed by atoms with E-state index in [0.29, 0.717) is 29.8 Å². The molecule has 1 aliphatic carbocycles. The molecule has 0 saturated heterocycles. The number of halogens is 1. The van der Waals surface area contributed by atoms with Gasteiger partial charge < -0.3 is 20.3 Å². The molecule has 0 spiro atoms. The fourth-order valence-corrected chi connectivity index (χ4v) is 2.12. The minimum atomic E-state index is -0.600. The van der Waals surface area contributed by atoms with Crippen molar-refractivity contribution in [1.82, 2.24) is 5.32 Å². The first-order valence-corrected chi connectivity index (χ1v) is 7.40. The van der Waals surface area contributed by atoms with Crippen LogP contribution in [0, 0.1) is 12.8 Å². The number of hydrogen-bond donors (Lipinski definition) is 3. The van der Waals surface area contributed by atoms with E-state index in [0.717, 1.165) is 18.4 Å². The van der Waals surface area contributed by atoms with E-state index in [4.69, 9.17) is 16.3 Å². The van der Waals surface area contributed by atoms with Crippen LogP contribution in [0.5, 0.6) is 5.75 Å². The Balaban J connectivity index is 1.63. The highest BCUT2D eigenvalue weighted by atomic mass is 35.5. The van der Waals surface area contributed by atoms with Crippen molar-refractivity contribution in [1.29, 1.82) is 0 Å². The molecule has 0 amide bonds. The Kier molecular flexibility index (Phi) is 5.66. The van der Waals surface area contributed by atoms with Gasteiger partial charge >= 0.3 is 0 Å². The molecule has 0 radical (unpaired) electrons. The van der Waals surface area contributed by atoms with Crippen LogP contribution in [0.4, 0.5) is 0 Å². The third kappa shape index (κ3) is 4.94. The number of ether oxygens (including phenoxy) is 1. The molecule has 2 atom stereocenters. The molecular formula is C15H22ClNO3. The number of nitrogens with one attached hydrogen (secondary N) is 1. The zero-order chi connectivity index (χ0) is 14.5. The fourth-order valence-electron chi connectivity index (χ4n) is 2.00. The van der Waals surface area contributed by atoms with Crippen molar-refractivity contribution >= 4 is 11.6 Å². The van der Waals surface area contributed by atoms with Gasteiger partial charge in [-0.15, -0.1) is 0 Å². The number of aliphatic hydroxyl groups is 2. The van der Waals surface area contributed by atoms with Crippen LogP contribution in [-0.4, -0.2) is 42.1 Å². The van der Waals surface area contributed by atoms with Gasteiger partial charge in [0.15, 0.2) is 0 Å². The van der Waals surface area contributed by atoms with Crippen LogP contribution in [-0.2, 0) is 0 Å². The van der Waals surface area contributed by atoms with Gasteiger partial charge in [0.1, 0.15) is 18.5 Å². The average molecular weight is 300 g/mol. The van der Waals surface area contributed by atoms with Gasteiger partial charge in [-0.2, -0.15) is 0 Å². The maximum Gasteiger partial charge on any atom is 0.119 e. The van der Waals surface area contributed by atoms with Gasteiger partial charge in [-0.3, -0.25) is 0 Å². The number of hydrogen-bond acceptors (Lipinski definition) is 4. The Morgan fingerprint density at radius 2 is 2.10 bits per heavy atom. The maximum absolute atomic E-state index is 9.81. The average Bonchev–Trinajstić information content (AvgIpc) is 3.24. The highest BCUT2D eigenvalue weighted by Crippen LogP contribution is 2.32.